The molecule has 0 aliphatic rings. The van der Waals surface area contributed by atoms with Crippen molar-refractivity contribution in [3.63, 3.8) is 0 Å². The zero-order valence-electron chi connectivity index (χ0n) is 21.3. The molecule has 0 bridgehead atoms. The number of carbonyl (C=O) groups excluding carboxylic acids is 1. The maximum Gasteiger partial charge on any atom is 0.262 e. The van der Waals surface area contributed by atoms with Gasteiger partial charge in [-0.1, -0.05) is 30.3 Å². The molecule has 2 heterocycles. The summed E-state index contributed by atoms with van der Waals surface area (Å²) in [5.74, 6) is 0.752. The molecular formula is C28H31N5O3. The smallest absolute Gasteiger partial charge is 0.262 e. The van der Waals surface area contributed by atoms with Crippen molar-refractivity contribution in [1.29, 1.82) is 0 Å². The van der Waals surface area contributed by atoms with Crippen molar-refractivity contribution in [2.45, 2.75) is 33.0 Å². The van der Waals surface area contributed by atoms with Crippen LogP contribution in [-0.4, -0.2) is 52.6 Å². The Hall–Kier alpha value is -4.04. The average molecular weight is 486 g/mol. The van der Waals surface area contributed by atoms with Gasteiger partial charge in [-0.3, -0.25) is 19.1 Å². The zero-order chi connectivity index (χ0) is 25.8. The van der Waals surface area contributed by atoms with Crippen molar-refractivity contribution >= 4 is 16.8 Å². The first-order valence-electron chi connectivity index (χ1n) is 11.8. The number of fused-ring (bicyclic) bond motifs is 1. The molecule has 0 fully saturated rings. The van der Waals surface area contributed by atoms with Crippen LogP contribution in [0.15, 0.2) is 65.6 Å². The van der Waals surface area contributed by atoms with Crippen LogP contribution in [0.3, 0.4) is 0 Å². The number of benzene rings is 2. The Kier molecular flexibility index (Phi) is 7.45. The third-order valence-corrected chi connectivity index (χ3v) is 5.64. The standard InChI is InChI=1S/C28H31N5O3/c1-18(2)30-26(34)17-33-27(21-10-7-11-22(13-21)36-5)31-25-15-29-24(14-23(25)28(33)35)20-9-6-8-19(12-20)16-32(3)4/h6-15,18H,16-17H2,1-5H3,(H,30,34). The van der Waals surface area contributed by atoms with E-state index >= 15 is 0 Å². The summed E-state index contributed by atoms with van der Waals surface area (Å²) in [5, 5.41) is 3.26. The third-order valence-electron chi connectivity index (χ3n) is 5.64. The molecule has 8 heteroatoms. The van der Waals surface area contributed by atoms with Crippen LogP contribution in [0, 0.1) is 0 Å². The number of aromatic nitrogens is 3. The average Bonchev–Trinajstić information content (AvgIpc) is 2.84. The van der Waals surface area contributed by atoms with Crippen molar-refractivity contribution in [3.8, 4) is 28.4 Å². The van der Waals surface area contributed by atoms with Crippen molar-refractivity contribution < 1.29 is 9.53 Å². The fourth-order valence-electron chi connectivity index (χ4n) is 4.12. The fraction of sp³-hybridized carbons (Fsp3) is 0.286. The number of nitrogens with zero attached hydrogens (tertiary/aromatic N) is 4. The molecule has 8 nitrogen and oxygen atoms in total. The largest absolute Gasteiger partial charge is 0.497 e. The lowest BCUT2D eigenvalue weighted by Crippen LogP contribution is -2.37. The summed E-state index contributed by atoms with van der Waals surface area (Å²) in [7, 11) is 5.62. The molecule has 0 unspecified atom stereocenters. The van der Waals surface area contributed by atoms with Crippen molar-refractivity contribution in [2.24, 2.45) is 0 Å². The number of nitrogens with one attached hydrogen (secondary N) is 1. The first-order chi connectivity index (χ1) is 17.2. The molecule has 2 aromatic heterocycles. The summed E-state index contributed by atoms with van der Waals surface area (Å²) in [6.45, 7) is 4.41. The lowest BCUT2D eigenvalue weighted by atomic mass is 10.1. The molecule has 0 atom stereocenters. The molecule has 0 spiro atoms. The Labute approximate surface area is 210 Å². The van der Waals surface area contributed by atoms with E-state index in [0.29, 0.717) is 33.7 Å². The topological polar surface area (TPSA) is 89.4 Å². The highest BCUT2D eigenvalue weighted by Crippen LogP contribution is 2.25. The summed E-state index contributed by atoms with van der Waals surface area (Å²) in [4.78, 5) is 37.9. The number of rotatable bonds is 8. The van der Waals surface area contributed by atoms with Gasteiger partial charge in [-0.15, -0.1) is 0 Å². The Morgan fingerprint density at radius 2 is 1.83 bits per heavy atom. The van der Waals surface area contributed by atoms with Gasteiger partial charge in [0, 0.05) is 23.7 Å². The highest BCUT2D eigenvalue weighted by Gasteiger charge is 2.18. The fourth-order valence-corrected chi connectivity index (χ4v) is 4.12. The Bertz CT molecular complexity index is 1460. The second-order valence-corrected chi connectivity index (χ2v) is 9.31. The third kappa shape index (κ3) is 5.60. The number of hydrogen-bond acceptors (Lipinski definition) is 6. The van der Waals surface area contributed by atoms with Gasteiger partial charge in [0.05, 0.1) is 29.9 Å². The molecule has 4 rings (SSSR count). The summed E-state index contributed by atoms with van der Waals surface area (Å²) >= 11 is 0. The summed E-state index contributed by atoms with van der Waals surface area (Å²) in [6, 6.07) is 17.1. The quantitative estimate of drug-likeness (QED) is 0.409. The minimum Gasteiger partial charge on any atom is -0.497 e. The van der Waals surface area contributed by atoms with Crippen LogP contribution >= 0.6 is 0 Å². The molecule has 2 aromatic carbocycles. The van der Waals surface area contributed by atoms with Crippen LogP contribution < -0.4 is 15.6 Å². The maximum atomic E-state index is 13.8. The van der Waals surface area contributed by atoms with Gasteiger partial charge in [0.15, 0.2) is 0 Å². The monoisotopic (exact) mass is 485 g/mol. The highest BCUT2D eigenvalue weighted by molar-refractivity contribution is 5.84. The van der Waals surface area contributed by atoms with Crippen molar-refractivity contribution in [3.05, 3.63) is 76.7 Å². The number of hydrogen-bond donors (Lipinski definition) is 1. The maximum absolute atomic E-state index is 13.8. The molecule has 0 radical (unpaired) electrons. The predicted octanol–water partition coefficient (Wildman–Crippen LogP) is 3.72. The number of pyridine rings is 1. The van der Waals surface area contributed by atoms with E-state index < -0.39 is 0 Å². The SMILES string of the molecule is COc1cccc(-c2nc3cnc(-c4cccc(CN(C)C)c4)cc3c(=O)n2CC(=O)NC(C)C)c1. The van der Waals surface area contributed by atoms with Gasteiger partial charge >= 0.3 is 0 Å². The molecule has 0 aliphatic heterocycles. The normalized spacial score (nSPS) is 11.3. The Morgan fingerprint density at radius 1 is 1.08 bits per heavy atom. The van der Waals surface area contributed by atoms with Gasteiger partial charge in [-0.25, -0.2) is 4.98 Å². The van der Waals surface area contributed by atoms with E-state index in [1.807, 2.05) is 58.3 Å². The van der Waals surface area contributed by atoms with E-state index in [-0.39, 0.29) is 24.1 Å². The zero-order valence-corrected chi connectivity index (χ0v) is 21.3. The molecule has 36 heavy (non-hydrogen) atoms. The first-order valence-corrected chi connectivity index (χ1v) is 11.8. The van der Waals surface area contributed by atoms with Crippen LogP contribution in [0.2, 0.25) is 0 Å². The molecule has 1 N–H and O–H groups in total. The minimum atomic E-state index is -0.301. The predicted molar refractivity (Wildman–Crippen MR) is 142 cm³/mol. The molecule has 1 amide bonds. The van der Waals surface area contributed by atoms with Gasteiger partial charge < -0.3 is 15.0 Å². The number of carbonyl (C=O) groups is 1. The number of amides is 1. The van der Waals surface area contributed by atoms with Crippen LogP contribution in [0.1, 0.15) is 19.4 Å². The Morgan fingerprint density at radius 3 is 2.56 bits per heavy atom. The molecule has 186 valence electrons. The van der Waals surface area contributed by atoms with E-state index in [4.69, 9.17) is 9.72 Å². The van der Waals surface area contributed by atoms with E-state index in [2.05, 4.69) is 27.3 Å². The van der Waals surface area contributed by atoms with Gasteiger partial charge in [-0.05, 0) is 57.8 Å². The van der Waals surface area contributed by atoms with Crippen molar-refractivity contribution in [2.75, 3.05) is 21.2 Å². The molecule has 4 aromatic rings. The highest BCUT2D eigenvalue weighted by atomic mass is 16.5. The summed E-state index contributed by atoms with van der Waals surface area (Å²) in [6.07, 6.45) is 1.62. The second kappa shape index (κ2) is 10.7. The molecule has 0 saturated heterocycles. The lowest BCUT2D eigenvalue weighted by molar-refractivity contribution is -0.122. The van der Waals surface area contributed by atoms with Crippen LogP contribution in [0.5, 0.6) is 5.75 Å². The second-order valence-electron chi connectivity index (χ2n) is 9.31. The summed E-state index contributed by atoms with van der Waals surface area (Å²) in [5.41, 5.74) is 3.57. The van der Waals surface area contributed by atoms with Crippen LogP contribution in [-0.2, 0) is 17.9 Å². The molecule has 0 saturated carbocycles. The van der Waals surface area contributed by atoms with E-state index in [1.165, 1.54) is 4.57 Å². The van der Waals surface area contributed by atoms with Gasteiger partial charge in [0.25, 0.3) is 5.56 Å². The van der Waals surface area contributed by atoms with Crippen LogP contribution in [0.25, 0.3) is 33.5 Å². The first kappa shape index (κ1) is 25.1. The molecular weight excluding hydrogens is 454 g/mol. The minimum absolute atomic E-state index is 0.0490. The number of ether oxygens (including phenoxy) is 1. The van der Waals surface area contributed by atoms with Gasteiger partial charge in [0.2, 0.25) is 5.91 Å². The lowest BCUT2D eigenvalue weighted by Gasteiger charge is -2.16. The van der Waals surface area contributed by atoms with E-state index in [1.54, 1.807) is 25.4 Å². The Balaban J connectivity index is 1.87. The molecule has 0 aliphatic carbocycles. The summed E-state index contributed by atoms with van der Waals surface area (Å²) < 4.78 is 6.77. The van der Waals surface area contributed by atoms with E-state index in [9.17, 15) is 9.59 Å². The van der Waals surface area contributed by atoms with Gasteiger partial charge in [0.1, 0.15) is 18.1 Å². The van der Waals surface area contributed by atoms with Gasteiger partial charge in [-0.2, -0.15) is 0 Å². The number of methoxy groups -OCH3 is 1. The van der Waals surface area contributed by atoms with Crippen molar-refractivity contribution in [1.82, 2.24) is 24.8 Å². The van der Waals surface area contributed by atoms with Crippen LogP contribution in [0.4, 0.5) is 0 Å². The van der Waals surface area contributed by atoms with E-state index in [0.717, 1.165) is 17.7 Å².